The van der Waals surface area contributed by atoms with Crippen molar-refractivity contribution in [2.24, 2.45) is 5.92 Å². The molecule has 0 spiro atoms. The summed E-state index contributed by atoms with van der Waals surface area (Å²) in [7, 11) is 0. The predicted octanol–water partition coefficient (Wildman–Crippen LogP) is 1.66. The van der Waals surface area contributed by atoms with Crippen LogP contribution in [0.15, 0.2) is 60.3 Å². The van der Waals surface area contributed by atoms with E-state index in [1.54, 1.807) is 62.4 Å². The van der Waals surface area contributed by atoms with E-state index < -0.39 is 23.8 Å². The molecule has 0 fully saturated rings. The lowest BCUT2D eigenvalue weighted by Crippen LogP contribution is -2.52. The Morgan fingerprint density at radius 1 is 0.964 bits per heavy atom. The van der Waals surface area contributed by atoms with Crippen LogP contribution in [0.3, 0.4) is 0 Å². The summed E-state index contributed by atoms with van der Waals surface area (Å²) >= 11 is 0. The van der Waals surface area contributed by atoms with Gasteiger partial charge in [-0.3, -0.25) is 9.59 Å². The maximum atomic E-state index is 12.7. The molecule has 0 unspecified atom stereocenters. The smallest absolute Gasteiger partial charge is 0.268 e. The molecule has 0 aliphatic heterocycles. The maximum absolute atomic E-state index is 12.7. The van der Waals surface area contributed by atoms with E-state index in [2.05, 4.69) is 10.6 Å². The molecular formula is C22H23N2O4-. The van der Waals surface area contributed by atoms with Gasteiger partial charge in [-0.05, 0) is 36.6 Å². The third-order valence-corrected chi connectivity index (χ3v) is 4.12. The van der Waals surface area contributed by atoms with Gasteiger partial charge in [0.2, 0.25) is 0 Å². The van der Waals surface area contributed by atoms with Gasteiger partial charge in [-0.1, -0.05) is 61.9 Å². The van der Waals surface area contributed by atoms with Crippen LogP contribution < -0.4 is 15.7 Å². The molecule has 2 N–H and O–H groups in total. The highest BCUT2D eigenvalue weighted by Gasteiger charge is 2.21. The molecular weight excluding hydrogens is 356 g/mol. The summed E-state index contributed by atoms with van der Waals surface area (Å²) in [5.74, 6) is -2.92. The number of nitrogens with one attached hydrogen (secondary N) is 2. The van der Waals surface area contributed by atoms with Gasteiger partial charge < -0.3 is 20.5 Å². The fourth-order valence-electron chi connectivity index (χ4n) is 2.49. The van der Waals surface area contributed by atoms with Crippen molar-refractivity contribution in [1.29, 1.82) is 0 Å². The minimum absolute atomic E-state index is 0.0522. The first-order valence-corrected chi connectivity index (χ1v) is 8.94. The van der Waals surface area contributed by atoms with Crippen LogP contribution in [0.4, 0.5) is 0 Å². The summed E-state index contributed by atoms with van der Waals surface area (Å²) in [5.41, 5.74) is 2.02. The molecule has 0 heterocycles. The molecule has 0 aliphatic carbocycles. The Labute approximate surface area is 164 Å². The molecule has 0 aromatic heterocycles. The second-order valence-corrected chi connectivity index (χ2v) is 6.80. The van der Waals surface area contributed by atoms with E-state index in [-0.39, 0.29) is 11.6 Å². The first-order valence-electron chi connectivity index (χ1n) is 8.94. The molecule has 2 rings (SSSR count). The van der Waals surface area contributed by atoms with Crippen LogP contribution in [-0.4, -0.2) is 23.8 Å². The lowest BCUT2D eigenvalue weighted by Gasteiger charge is -2.24. The Balaban J connectivity index is 2.30. The van der Waals surface area contributed by atoms with Gasteiger partial charge >= 0.3 is 0 Å². The maximum Gasteiger partial charge on any atom is 0.268 e. The molecule has 0 aliphatic rings. The highest BCUT2D eigenvalue weighted by Crippen LogP contribution is 2.09. The largest absolute Gasteiger partial charge is 0.548 e. The van der Waals surface area contributed by atoms with Crippen molar-refractivity contribution in [2.75, 3.05) is 0 Å². The Kier molecular flexibility index (Phi) is 7.09. The van der Waals surface area contributed by atoms with E-state index in [4.69, 9.17) is 0 Å². The second-order valence-electron chi connectivity index (χ2n) is 6.80. The number of benzene rings is 2. The van der Waals surface area contributed by atoms with Crippen LogP contribution in [0.2, 0.25) is 0 Å². The zero-order valence-electron chi connectivity index (χ0n) is 16.1. The van der Waals surface area contributed by atoms with Gasteiger partial charge in [0.05, 0.1) is 12.0 Å². The predicted molar refractivity (Wildman–Crippen MR) is 105 cm³/mol. The van der Waals surface area contributed by atoms with Gasteiger partial charge in [0, 0.05) is 5.56 Å². The molecule has 0 radical (unpaired) electrons. The fraction of sp³-hybridized carbons (Fsp3) is 0.227. The normalized spacial score (nSPS) is 12.4. The molecule has 0 bridgehead atoms. The SMILES string of the molecule is Cc1ccc(C(=O)N/C(=C/c2ccccc2)C(=O)N[C@H](C(=O)[O-])C(C)C)cc1. The average Bonchev–Trinajstić information content (AvgIpc) is 2.66. The van der Waals surface area contributed by atoms with Crippen molar-refractivity contribution in [1.82, 2.24) is 10.6 Å². The van der Waals surface area contributed by atoms with Crippen molar-refractivity contribution in [3.63, 3.8) is 0 Å². The monoisotopic (exact) mass is 379 g/mol. The van der Waals surface area contributed by atoms with Crippen molar-refractivity contribution in [3.05, 3.63) is 77.0 Å². The van der Waals surface area contributed by atoms with E-state index in [1.807, 2.05) is 13.0 Å². The minimum Gasteiger partial charge on any atom is -0.548 e. The number of rotatable bonds is 7. The Morgan fingerprint density at radius 2 is 1.57 bits per heavy atom. The van der Waals surface area contributed by atoms with Gasteiger partial charge in [0.1, 0.15) is 5.70 Å². The average molecular weight is 379 g/mol. The Bertz CT molecular complexity index is 871. The lowest BCUT2D eigenvalue weighted by molar-refractivity contribution is -0.309. The first-order chi connectivity index (χ1) is 13.3. The van der Waals surface area contributed by atoms with E-state index >= 15 is 0 Å². The van der Waals surface area contributed by atoms with Crippen molar-refractivity contribution in [3.8, 4) is 0 Å². The minimum atomic E-state index is -1.38. The quantitative estimate of drug-likeness (QED) is 0.715. The van der Waals surface area contributed by atoms with E-state index in [1.165, 1.54) is 6.08 Å². The molecule has 6 nitrogen and oxygen atoms in total. The summed E-state index contributed by atoms with van der Waals surface area (Å²) < 4.78 is 0. The number of aryl methyl sites for hydroxylation is 1. The molecule has 2 aromatic rings. The van der Waals surface area contributed by atoms with Crippen LogP contribution in [0, 0.1) is 12.8 Å². The summed E-state index contributed by atoms with van der Waals surface area (Å²) in [5, 5.41) is 16.3. The molecule has 0 saturated carbocycles. The first kappa shape index (κ1) is 20.9. The topological polar surface area (TPSA) is 98.3 Å². The van der Waals surface area contributed by atoms with Gasteiger partial charge in [-0.25, -0.2) is 0 Å². The van der Waals surface area contributed by atoms with Crippen LogP contribution in [0.5, 0.6) is 0 Å². The Morgan fingerprint density at radius 3 is 2.11 bits per heavy atom. The molecule has 2 aromatic carbocycles. The second kappa shape index (κ2) is 9.50. The zero-order chi connectivity index (χ0) is 20.7. The van der Waals surface area contributed by atoms with Crippen molar-refractivity contribution in [2.45, 2.75) is 26.8 Å². The van der Waals surface area contributed by atoms with Gasteiger partial charge in [-0.15, -0.1) is 0 Å². The fourth-order valence-corrected chi connectivity index (χ4v) is 2.49. The standard InChI is InChI=1S/C22H24N2O4/c1-14(2)19(22(27)28)24-21(26)18(13-16-7-5-4-6-8-16)23-20(25)17-11-9-15(3)10-12-17/h4-14,19H,1-3H3,(H,23,25)(H,24,26)(H,27,28)/p-1/b18-13+/t19-/m0/s1. The molecule has 6 heteroatoms. The van der Waals surface area contributed by atoms with Crippen molar-refractivity contribution >= 4 is 23.9 Å². The van der Waals surface area contributed by atoms with Gasteiger partial charge in [0.15, 0.2) is 0 Å². The highest BCUT2D eigenvalue weighted by molar-refractivity contribution is 6.06. The molecule has 2 amide bonds. The van der Waals surface area contributed by atoms with Crippen LogP contribution in [0.1, 0.15) is 35.3 Å². The number of aliphatic carboxylic acids is 1. The van der Waals surface area contributed by atoms with Crippen LogP contribution in [0.25, 0.3) is 6.08 Å². The number of hydrogen-bond acceptors (Lipinski definition) is 4. The van der Waals surface area contributed by atoms with E-state index in [9.17, 15) is 19.5 Å². The zero-order valence-corrected chi connectivity index (χ0v) is 16.1. The summed E-state index contributed by atoms with van der Waals surface area (Å²) in [6.45, 7) is 5.22. The van der Waals surface area contributed by atoms with Gasteiger partial charge in [0.25, 0.3) is 11.8 Å². The molecule has 0 saturated heterocycles. The molecule has 146 valence electrons. The third-order valence-electron chi connectivity index (χ3n) is 4.12. The van der Waals surface area contributed by atoms with E-state index in [0.29, 0.717) is 11.1 Å². The number of hydrogen-bond donors (Lipinski definition) is 2. The van der Waals surface area contributed by atoms with E-state index in [0.717, 1.165) is 5.56 Å². The molecule has 1 atom stereocenters. The van der Waals surface area contributed by atoms with Crippen LogP contribution >= 0.6 is 0 Å². The van der Waals surface area contributed by atoms with Gasteiger partial charge in [-0.2, -0.15) is 0 Å². The van der Waals surface area contributed by atoms with Crippen molar-refractivity contribution < 1.29 is 19.5 Å². The number of amides is 2. The van der Waals surface area contributed by atoms with Crippen LogP contribution in [-0.2, 0) is 9.59 Å². The number of carboxylic acids is 1. The summed E-state index contributed by atoms with van der Waals surface area (Å²) in [6, 6.07) is 14.7. The number of carbonyl (C=O) groups excluding carboxylic acids is 3. The third kappa shape index (κ3) is 5.81. The number of carboxylic acid groups (broad SMARTS) is 1. The molecule has 28 heavy (non-hydrogen) atoms. The number of carbonyl (C=O) groups is 3. The lowest BCUT2D eigenvalue weighted by atomic mass is 10.0. The summed E-state index contributed by atoms with van der Waals surface area (Å²) in [6.07, 6.45) is 1.49. The Hall–Kier alpha value is -3.41. The summed E-state index contributed by atoms with van der Waals surface area (Å²) in [4.78, 5) is 36.6. The highest BCUT2D eigenvalue weighted by atomic mass is 16.4.